The van der Waals surface area contributed by atoms with E-state index in [0.29, 0.717) is 17.5 Å². The summed E-state index contributed by atoms with van der Waals surface area (Å²) in [6.45, 7) is 0. The normalized spacial score (nSPS) is 13.3. The van der Waals surface area contributed by atoms with Crippen LogP contribution in [0.4, 0.5) is 0 Å². The van der Waals surface area contributed by atoms with Gasteiger partial charge in [0.25, 0.3) is 0 Å². The van der Waals surface area contributed by atoms with Gasteiger partial charge in [0.15, 0.2) is 17.5 Å². The number of hydrogen-bond donors (Lipinski definition) is 0. The molecule has 0 saturated carbocycles. The SMILES string of the molecule is c1ccc(-c2nc(-c3ccc(-c4cccc5c4-c4ccccc4C54c5cccc6ccc7cccc4c7c56)cc3)nc(-c3ccc4c(c3)sc3ccccc34)n2)cc1. The fraction of sp³-hybridized carbons (Fsp3) is 0.0185. The van der Waals surface area contributed by atoms with Gasteiger partial charge in [-0.05, 0) is 78.2 Å². The van der Waals surface area contributed by atoms with Gasteiger partial charge in [-0.3, -0.25) is 0 Å². The highest BCUT2D eigenvalue weighted by Crippen LogP contribution is 2.63. The van der Waals surface area contributed by atoms with E-state index in [1.807, 2.05) is 18.2 Å². The quantitative estimate of drug-likeness (QED) is 0.168. The molecule has 2 aliphatic carbocycles. The molecular weight excluding hydrogens is 723 g/mol. The average Bonchev–Trinajstić information content (AvgIpc) is 3.93. The van der Waals surface area contributed by atoms with E-state index >= 15 is 0 Å². The molecular formula is C54H31N3S. The molecule has 0 amide bonds. The number of rotatable bonds is 4. The van der Waals surface area contributed by atoms with Gasteiger partial charge in [-0.25, -0.2) is 15.0 Å². The summed E-state index contributed by atoms with van der Waals surface area (Å²) in [7, 11) is 0. The highest BCUT2D eigenvalue weighted by molar-refractivity contribution is 7.25. The number of aromatic nitrogens is 3. The molecule has 0 bridgehead atoms. The van der Waals surface area contributed by atoms with Crippen LogP contribution in [0.2, 0.25) is 0 Å². The lowest BCUT2D eigenvalue weighted by Crippen LogP contribution is -2.26. The number of hydrogen-bond acceptors (Lipinski definition) is 4. The van der Waals surface area contributed by atoms with Crippen LogP contribution in [0.25, 0.3) is 98.1 Å². The van der Waals surface area contributed by atoms with Crippen molar-refractivity contribution in [2.75, 3.05) is 0 Å². The zero-order chi connectivity index (χ0) is 38.0. The molecule has 4 heteroatoms. The molecule has 268 valence electrons. The average molecular weight is 754 g/mol. The Hall–Kier alpha value is -7.27. The Kier molecular flexibility index (Phi) is 6.53. The van der Waals surface area contributed by atoms with Crippen molar-refractivity contribution in [3.05, 3.63) is 210 Å². The molecule has 0 saturated heterocycles. The largest absolute Gasteiger partial charge is 0.208 e. The summed E-state index contributed by atoms with van der Waals surface area (Å²) in [6.07, 6.45) is 0. The molecule has 2 aromatic heterocycles. The van der Waals surface area contributed by atoms with Crippen LogP contribution < -0.4 is 0 Å². The van der Waals surface area contributed by atoms with Crippen LogP contribution in [0.15, 0.2) is 188 Å². The topological polar surface area (TPSA) is 38.7 Å². The monoisotopic (exact) mass is 753 g/mol. The first kappa shape index (κ1) is 31.9. The predicted octanol–water partition coefficient (Wildman–Crippen LogP) is 13.9. The molecule has 0 radical (unpaired) electrons. The molecule has 13 rings (SSSR count). The van der Waals surface area contributed by atoms with Gasteiger partial charge in [0.1, 0.15) is 0 Å². The molecule has 0 unspecified atom stereocenters. The van der Waals surface area contributed by atoms with Crippen molar-refractivity contribution < 1.29 is 0 Å². The Morgan fingerprint density at radius 3 is 1.64 bits per heavy atom. The fourth-order valence-electron chi connectivity index (χ4n) is 10.1. The third-order valence-corrected chi connectivity index (χ3v) is 13.7. The molecule has 2 aliphatic rings. The Bertz CT molecular complexity index is 3450. The van der Waals surface area contributed by atoms with Crippen molar-refractivity contribution in [2.45, 2.75) is 5.41 Å². The van der Waals surface area contributed by atoms with E-state index in [0.717, 1.165) is 22.3 Å². The zero-order valence-corrected chi connectivity index (χ0v) is 32.0. The van der Waals surface area contributed by atoms with Crippen molar-refractivity contribution in [2.24, 2.45) is 0 Å². The van der Waals surface area contributed by atoms with Crippen LogP contribution >= 0.6 is 11.3 Å². The van der Waals surface area contributed by atoms with Gasteiger partial charge in [-0.1, -0.05) is 176 Å². The third kappa shape index (κ3) is 4.30. The van der Waals surface area contributed by atoms with E-state index < -0.39 is 5.41 Å². The maximum Gasteiger partial charge on any atom is 0.164 e. The first-order chi connectivity index (χ1) is 28.7. The second-order valence-electron chi connectivity index (χ2n) is 15.5. The number of thiophene rings is 1. The lowest BCUT2D eigenvalue weighted by molar-refractivity contribution is 0.797. The van der Waals surface area contributed by atoms with Gasteiger partial charge >= 0.3 is 0 Å². The lowest BCUT2D eigenvalue weighted by Gasteiger charge is -2.31. The van der Waals surface area contributed by atoms with Crippen LogP contribution in [0, 0.1) is 0 Å². The van der Waals surface area contributed by atoms with E-state index in [9.17, 15) is 0 Å². The number of fused-ring (bicyclic) bond motifs is 10. The van der Waals surface area contributed by atoms with Crippen LogP contribution in [0.5, 0.6) is 0 Å². The minimum atomic E-state index is -0.390. The summed E-state index contributed by atoms with van der Waals surface area (Å²) in [6, 6.07) is 68.4. The molecule has 0 N–H and O–H groups in total. The molecule has 0 fully saturated rings. The van der Waals surface area contributed by atoms with E-state index in [2.05, 4.69) is 170 Å². The van der Waals surface area contributed by atoms with E-state index in [1.54, 1.807) is 11.3 Å². The second-order valence-corrected chi connectivity index (χ2v) is 16.5. The Balaban J connectivity index is 0.962. The lowest BCUT2D eigenvalue weighted by atomic mass is 9.70. The zero-order valence-electron chi connectivity index (χ0n) is 31.1. The Labute approximate surface area is 338 Å². The first-order valence-corrected chi connectivity index (χ1v) is 20.6. The fourth-order valence-corrected chi connectivity index (χ4v) is 11.2. The number of nitrogens with zero attached hydrogens (tertiary/aromatic N) is 3. The van der Waals surface area contributed by atoms with Crippen molar-refractivity contribution in [1.82, 2.24) is 15.0 Å². The van der Waals surface area contributed by atoms with Crippen LogP contribution in [-0.4, -0.2) is 15.0 Å². The third-order valence-electron chi connectivity index (χ3n) is 12.5. The maximum atomic E-state index is 5.14. The first-order valence-electron chi connectivity index (χ1n) is 19.8. The van der Waals surface area contributed by atoms with Crippen LogP contribution in [0.1, 0.15) is 22.3 Å². The molecule has 11 aromatic rings. The molecule has 1 spiro atoms. The van der Waals surface area contributed by atoms with Crippen molar-refractivity contribution in [3.63, 3.8) is 0 Å². The second kappa shape index (κ2) is 11.9. The highest BCUT2D eigenvalue weighted by Gasteiger charge is 2.51. The smallest absolute Gasteiger partial charge is 0.164 e. The molecule has 9 aromatic carbocycles. The van der Waals surface area contributed by atoms with Gasteiger partial charge in [0, 0.05) is 36.9 Å². The highest BCUT2D eigenvalue weighted by atomic mass is 32.1. The summed E-state index contributed by atoms with van der Waals surface area (Å²) < 4.78 is 2.50. The van der Waals surface area contributed by atoms with Crippen molar-refractivity contribution in [3.8, 4) is 56.4 Å². The van der Waals surface area contributed by atoms with Gasteiger partial charge in [0.05, 0.1) is 5.41 Å². The van der Waals surface area contributed by atoms with Crippen LogP contribution in [-0.2, 0) is 5.41 Å². The summed E-state index contributed by atoms with van der Waals surface area (Å²) in [5.41, 5.74) is 12.9. The molecule has 58 heavy (non-hydrogen) atoms. The summed E-state index contributed by atoms with van der Waals surface area (Å²) in [5.74, 6) is 1.98. The number of benzene rings is 9. The molecule has 0 atom stereocenters. The molecule has 3 nitrogen and oxygen atoms in total. The summed E-state index contributed by atoms with van der Waals surface area (Å²) in [4.78, 5) is 15.3. The van der Waals surface area contributed by atoms with E-state index in [-0.39, 0.29) is 0 Å². The summed E-state index contributed by atoms with van der Waals surface area (Å²) >= 11 is 1.80. The van der Waals surface area contributed by atoms with E-state index in [1.165, 1.54) is 80.7 Å². The molecule has 0 aliphatic heterocycles. The van der Waals surface area contributed by atoms with Crippen molar-refractivity contribution >= 4 is 53.1 Å². The summed E-state index contributed by atoms with van der Waals surface area (Å²) in [5, 5.41) is 7.88. The van der Waals surface area contributed by atoms with Gasteiger partial charge in [-0.15, -0.1) is 11.3 Å². The Morgan fingerprint density at radius 2 is 0.879 bits per heavy atom. The van der Waals surface area contributed by atoms with Gasteiger partial charge in [0.2, 0.25) is 0 Å². The van der Waals surface area contributed by atoms with Crippen LogP contribution in [0.3, 0.4) is 0 Å². The minimum absolute atomic E-state index is 0.390. The van der Waals surface area contributed by atoms with E-state index in [4.69, 9.17) is 15.0 Å². The molecule has 2 heterocycles. The Morgan fingerprint density at radius 1 is 0.345 bits per heavy atom. The maximum absolute atomic E-state index is 5.14. The minimum Gasteiger partial charge on any atom is -0.208 e. The van der Waals surface area contributed by atoms with Crippen molar-refractivity contribution in [1.29, 1.82) is 0 Å². The van der Waals surface area contributed by atoms with Gasteiger partial charge < -0.3 is 0 Å². The predicted molar refractivity (Wildman–Crippen MR) is 240 cm³/mol. The van der Waals surface area contributed by atoms with Gasteiger partial charge in [-0.2, -0.15) is 0 Å². The standard InChI is InChI=1S/C54H31N3S/c1-2-11-35(12-3-1)51-55-52(57-53(56-51)37-29-30-40-39-15-5-7-22-46(39)58-47(40)31-37)36-27-23-32(24-28-36)38-17-10-21-45-50(38)41-16-4-6-18-42(41)54(45)43-19-8-13-33-25-26-34-14-9-20-44(54)49(34)48(33)43/h1-31H.